The van der Waals surface area contributed by atoms with E-state index in [1.54, 1.807) is 13.3 Å². The summed E-state index contributed by atoms with van der Waals surface area (Å²) < 4.78 is 6.46. The van der Waals surface area contributed by atoms with E-state index in [2.05, 4.69) is 15.6 Å². The fourth-order valence-electron chi connectivity index (χ4n) is 4.94. The van der Waals surface area contributed by atoms with Gasteiger partial charge >= 0.3 is 0 Å². The Kier molecular flexibility index (Phi) is 7.82. The molecule has 4 aromatic rings. The SMILES string of the molecule is COC[C@@H](Nc1nc(C)c(-c2nc3c(C)nccc3s2)c(N[C@@H]2C[C@H](CO)[C@@H](O)[C@H]2O)n1)c1ccccc1. The molecule has 10 nitrogen and oxygen atoms in total. The molecule has 5 rings (SSSR count). The van der Waals surface area contributed by atoms with Crippen LogP contribution >= 0.6 is 11.3 Å². The van der Waals surface area contributed by atoms with Crippen LogP contribution in [0.4, 0.5) is 11.8 Å². The largest absolute Gasteiger partial charge is 0.396 e. The van der Waals surface area contributed by atoms with E-state index in [4.69, 9.17) is 19.7 Å². The van der Waals surface area contributed by atoms with Gasteiger partial charge in [-0.15, -0.1) is 11.3 Å². The van der Waals surface area contributed by atoms with E-state index < -0.39 is 24.2 Å². The topological polar surface area (TPSA) is 146 Å². The highest BCUT2D eigenvalue weighted by Crippen LogP contribution is 2.38. The molecule has 200 valence electrons. The van der Waals surface area contributed by atoms with Crippen molar-refractivity contribution in [2.45, 2.75) is 44.6 Å². The summed E-state index contributed by atoms with van der Waals surface area (Å²) >= 11 is 1.52. The fourth-order valence-corrected chi connectivity index (χ4v) is 6.05. The number of aliphatic hydroxyl groups excluding tert-OH is 3. The van der Waals surface area contributed by atoms with Gasteiger partial charge in [0.05, 0.1) is 46.4 Å². The van der Waals surface area contributed by atoms with Crippen molar-refractivity contribution < 1.29 is 20.1 Å². The first-order chi connectivity index (χ1) is 18.4. The number of aryl methyl sites for hydroxylation is 2. The minimum atomic E-state index is -1.06. The number of pyridine rings is 1. The van der Waals surface area contributed by atoms with E-state index in [0.29, 0.717) is 36.1 Å². The maximum atomic E-state index is 10.7. The summed E-state index contributed by atoms with van der Waals surface area (Å²) in [7, 11) is 1.65. The van der Waals surface area contributed by atoms with Gasteiger partial charge in [0.25, 0.3) is 0 Å². The molecular formula is C27H32N6O4S. The highest BCUT2D eigenvalue weighted by Gasteiger charge is 2.41. The highest BCUT2D eigenvalue weighted by atomic mass is 32.1. The standard InChI is InChI=1S/C27H32N6O4S/c1-14-21(26-32-22-15(2)28-10-9-20(22)38-26)25(30-18-11-17(12-34)23(35)24(18)36)33-27(29-14)31-19(13-37-3)16-7-5-4-6-8-16/h4-10,17-19,23-24,34-36H,11-13H2,1-3H3,(H2,29,30,31,33)/t17-,18-,19-,23-,24+/m1/s1. The highest BCUT2D eigenvalue weighted by molar-refractivity contribution is 7.21. The summed E-state index contributed by atoms with van der Waals surface area (Å²) in [6.45, 7) is 4.02. The number of aromatic nitrogens is 4. The zero-order valence-electron chi connectivity index (χ0n) is 21.5. The zero-order valence-corrected chi connectivity index (χ0v) is 22.3. The lowest BCUT2D eigenvalue weighted by molar-refractivity contribution is 0.00446. The third kappa shape index (κ3) is 5.20. The first kappa shape index (κ1) is 26.4. The summed E-state index contributed by atoms with van der Waals surface area (Å²) in [6.07, 6.45) is 0.0735. The Balaban J connectivity index is 1.56. The van der Waals surface area contributed by atoms with Crippen LogP contribution < -0.4 is 10.6 Å². The number of methoxy groups -OCH3 is 1. The van der Waals surface area contributed by atoms with Crippen LogP contribution in [0.3, 0.4) is 0 Å². The summed E-state index contributed by atoms with van der Waals surface area (Å²) in [4.78, 5) is 18.8. The van der Waals surface area contributed by atoms with E-state index in [0.717, 1.165) is 26.5 Å². The third-order valence-electron chi connectivity index (χ3n) is 6.99. The van der Waals surface area contributed by atoms with Crippen LogP contribution in [0, 0.1) is 19.8 Å². The summed E-state index contributed by atoms with van der Waals surface area (Å²) in [5.74, 6) is 0.459. The quantitative estimate of drug-likeness (QED) is 0.216. The van der Waals surface area contributed by atoms with Crippen LogP contribution in [0.1, 0.15) is 29.4 Å². The molecule has 38 heavy (non-hydrogen) atoms. The smallest absolute Gasteiger partial charge is 0.225 e. The number of aliphatic hydroxyl groups is 3. The van der Waals surface area contributed by atoms with Gasteiger partial charge in [0.1, 0.15) is 22.4 Å². The molecule has 1 aliphatic rings. The van der Waals surface area contributed by atoms with Crippen LogP contribution in [0.5, 0.6) is 0 Å². The predicted molar refractivity (Wildman–Crippen MR) is 147 cm³/mol. The lowest BCUT2D eigenvalue weighted by Gasteiger charge is -2.23. The summed E-state index contributed by atoms with van der Waals surface area (Å²) in [5.41, 5.74) is 4.10. The Morgan fingerprint density at radius 3 is 2.53 bits per heavy atom. The number of hydrogen-bond donors (Lipinski definition) is 5. The lowest BCUT2D eigenvalue weighted by atomic mass is 10.1. The van der Waals surface area contributed by atoms with E-state index in [-0.39, 0.29) is 12.6 Å². The van der Waals surface area contributed by atoms with Crippen molar-refractivity contribution in [2.24, 2.45) is 5.92 Å². The molecule has 1 aromatic carbocycles. The average molecular weight is 537 g/mol. The Morgan fingerprint density at radius 1 is 1.05 bits per heavy atom. The van der Waals surface area contributed by atoms with Gasteiger partial charge in [0.2, 0.25) is 5.95 Å². The number of nitrogens with zero attached hydrogens (tertiary/aromatic N) is 4. The van der Waals surface area contributed by atoms with Crippen molar-refractivity contribution >= 4 is 33.3 Å². The summed E-state index contributed by atoms with van der Waals surface area (Å²) in [5, 5.41) is 38.2. The minimum Gasteiger partial charge on any atom is -0.396 e. The van der Waals surface area contributed by atoms with Crippen LogP contribution in [0.25, 0.3) is 20.8 Å². The van der Waals surface area contributed by atoms with Gasteiger partial charge in [0, 0.05) is 25.8 Å². The van der Waals surface area contributed by atoms with Gasteiger partial charge in [-0.2, -0.15) is 4.98 Å². The molecule has 0 radical (unpaired) electrons. The molecular weight excluding hydrogens is 504 g/mol. The van der Waals surface area contributed by atoms with Gasteiger partial charge in [-0.1, -0.05) is 30.3 Å². The minimum absolute atomic E-state index is 0.187. The Hall–Kier alpha value is -3.22. The molecule has 1 fully saturated rings. The van der Waals surface area contributed by atoms with Crippen molar-refractivity contribution in [1.29, 1.82) is 0 Å². The maximum absolute atomic E-state index is 10.7. The van der Waals surface area contributed by atoms with Crippen LogP contribution in [-0.4, -0.2) is 73.8 Å². The molecule has 1 aliphatic carbocycles. The average Bonchev–Trinajstić information content (AvgIpc) is 3.46. The van der Waals surface area contributed by atoms with E-state index in [9.17, 15) is 15.3 Å². The molecule has 3 aromatic heterocycles. The number of benzene rings is 1. The number of anilines is 2. The molecule has 3 heterocycles. The second-order valence-corrected chi connectivity index (χ2v) is 10.6. The molecule has 5 atom stereocenters. The van der Waals surface area contributed by atoms with Gasteiger partial charge in [-0.25, -0.2) is 9.97 Å². The van der Waals surface area contributed by atoms with Gasteiger partial charge in [0.15, 0.2) is 0 Å². The number of fused-ring (bicyclic) bond motifs is 1. The number of nitrogens with one attached hydrogen (secondary N) is 2. The van der Waals surface area contributed by atoms with Crippen LogP contribution in [0.15, 0.2) is 42.6 Å². The monoisotopic (exact) mass is 536 g/mol. The number of ether oxygens (including phenoxy) is 1. The molecule has 0 unspecified atom stereocenters. The van der Waals surface area contributed by atoms with Gasteiger partial charge in [-0.3, -0.25) is 4.98 Å². The first-order valence-corrected chi connectivity index (χ1v) is 13.4. The fraction of sp³-hybridized carbons (Fsp3) is 0.407. The number of thiazole rings is 1. The molecule has 0 amide bonds. The van der Waals surface area contributed by atoms with Crippen molar-refractivity contribution in [3.05, 3.63) is 59.5 Å². The van der Waals surface area contributed by atoms with E-state index >= 15 is 0 Å². The van der Waals surface area contributed by atoms with Gasteiger partial charge in [-0.05, 0) is 31.9 Å². The van der Waals surface area contributed by atoms with E-state index in [1.165, 1.54) is 11.3 Å². The predicted octanol–water partition coefficient (Wildman–Crippen LogP) is 3.08. The summed E-state index contributed by atoms with van der Waals surface area (Å²) in [6, 6.07) is 11.2. The normalized spacial score (nSPS) is 22.1. The van der Waals surface area contributed by atoms with Crippen molar-refractivity contribution in [3.8, 4) is 10.6 Å². The molecule has 0 bridgehead atoms. The molecule has 1 saturated carbocycles. The third-order valence-corrected chi connectivity index (χ3v) is 8.03. The molecule has 0 spiro atoms. The first-order valence-electron chi connectivity index (χ1n) is 12.5. The second kappa shape index (κ2) is 11.3. The zero-order chi connectivity index (χ0) is 26.8. The maximum Gasteiger partial charge on any atom is 0.225 e. The van der Waals surface area contributed by atoms with Crippen LogP contribution in [-0.2, 0) is 4.74 Å². The van der Waals surface area contributed by atoms with Crippen molar-refractivity contribution in [1.82, 2.24) is 19.9 Å². The van der Waals surface area contributed by atoms with E-state index in [1.807, 2.05) is 50.2 Å². The second-order valence-electron chi connectivity index (χ2n) is 9.59. The number of hydrogen-bond acceptors (Lipinski definition) is 11. The molecule has 0 saturated heterocycles. The molecule has 0 aliphatic heterocycles. The Labute approximate surface area is 224 Å². The number of rotatable bonds is 9. The molecule has 11 heteroatoms. The lowest BCUT2D eigenvalue weighted by Crippen LogP contribution is -2.35. The van der Waals surface area contributed by atoms with Gasteiger partial charge < -0.3 is 30.7 Å². The molecule has 5 N–H and O–H groups in total. The van der Waals surface area contributed by atoms with Crippen molar-refractivity contribution in [2.75, 3.05) is 31.0 Å². The van der Waals surface area contributed by atoms with Crippen LogP contribution in [0.2, 0.25) is 0 Å². The Morgan fingerprint density at radius 2 is 1.84 bits per heavy atom. The van der Waals surface area contributed by atoms with Crippen molar-refractivity contribution in [3.63, 3.8) is 0 Å². The Bertz CT molecular complexity index is 1400.